The van der Waals surface area contributed by atoms with Crippen LogP contribution in [-0.2, 0) is 13.0 Å². The van der Waals surface area contributed by atoms with Crippen molar-refractivity contribution in [1.29, 1.82) is 0 Å². The Hall–Kier alpha value is -3.51. The second-order valence-electron chi connectivity index (χ2n) is 11.4. The summed E-state index contributed by atoms with van der Waals surface area (Å²) < 4.78 is 25.4. The van der Waals surface area contributed by atoms with Crippen LogP contribution >= 0.6 is 0 Å². The van der Waals surface area contributed by atoms with Gasteiger partial charge in [0.1, 0.15) is 17.3 Å². The maximum absolute atomic E-state index is 13.6. The lowest BCUT2D eigenvalue weighted by atomic mass is 9.87. The Morgan fingerprint density at radius 2 is 1.85 bits per heavy atom. The molecule has 1 aliphatic carbocycles. The second kappa shape index (κ2) is 11.2. The Bertz CT molecular complexity index is 1450. The smallest absolute Gasteiger partial charge is 0.163 e. The lowest BCUT2D eigenvalue weighted by Gasteiger charge is -2.25. The summed E-state index contributed by atoms with van der Waals surface area (Å²) in [4.78, 5) is 20.5. The molecule has 2 aliphatic heterocycles. The van der Waals surface area contributed by atoms with Gasteiger partial charge in [-0.1, -0.05) is 24.3 Å². The van der Waals surface area contributed by atoms with Crippen molar-refractivity contribution in [3.05, 3.63) is 77.1 Å². The summed E-state index contributed by atoms with van der Waals surface area (Å²) in [5.74, 6) is 2.43. The van der Waals surface area contributed by atoms with Crippen LogP contribution in [0.5, 0.6) is 11.5 Å². The number of aliphatic imine (C=N–C) groups is 1. The number of ether oxygens (including phenoxy) is 2. The summed E-state index contributed by atoms with van der Waals surface area (Å²) in [6, 6.07) is 17.2. The van der Waals surface area contributed by atoms with Crippen molar-refractivity contribution in [3.8, 4) is 22.6 Å². The average molecular weight is 541 g/mol. The van der Waals surface area contributed by atoms with Gasteiger partial charge < -0.3 is 9.47 Å². The van der Waals surface area contributed by atoms with E-state index in [1.54, 1.807) is 19.2 Å². The predicted molar refractivity (Wildman–Crippen MR) is 156 cm³/mol. The number of Topliss-reactive ketones (excluding diaryl/α,β-unsaturated/α-hetero) is 1. The lowest BCUT2D eigenvalue weighted by Crippen LogP contribution is -2.30. The highest BCUT2D eigenvalue weighted by Crippen LogP contribution is 2.46. The van der Waals surface area contributed by atoms with Gasteiger partial charge in [-0.25, -0.2) is 4.39 Å². The number of fused-ring (bicyclic) bond motifs is 2. The lowest BCUT2D eigenvalue weighted by molar-refractivity contribution is 0.0949. The number of nitrogens with zero attached hydrogens (tertiary/aromatic N) is 2. The van der Waals surface area contributed by atoms with Gasteiger partial charge in [-0.05, 0) is 98.5 Å². The van der Waals surface area contributed by atoms with Crippen LogP contribution in [0.15, 0.2) is 59.6 Å². The quantitative estimate of drug-likeness (QED) is 0.265. The number of ketones is 1. The number of hydrogen-bond donors (Lipinski definition) is 0. The van der Waals surface area contributed by atoms with Gasteiger partial charge in [-0.3, -0.25) is 14.7 Å². The number of rotatable bonds is 9. The third-order valence-corrected chi connectivity index (χ3v) is 8.93. The largest absolute Gasteiger partial charge is 0.496 e. The fraction of sp³-hybridized carbons (Fsp3) is 0.412. The van der Waals surface area contributed by atoms with Crippen LogP contribution in [0.2, 0.25) is 0 Å². The molecular weight excluding hydrogens is 503 g/mol. The molecule has 208 valence electrons. The van der Waals surface area contributed by atoms with Crippen LogP contribution in [0.3, 0.4) is 0 Å². The number of methoxy groups -OCH3 is 1. The molecule has 3 aromatic carbocycles. The molecule has 5 nitrogen and oxygen atoms in total. The normalized spacial score (nSPS) is 21.7. The molecule has 40 heavy (non-hydrogen) atoms. The maximum Gasteiger partial charge on any atom is 0.163 e. The van der Waals surface area contributed by atoms with Gasteiger partial charge in [0.2, 0.25) is 0 Å². The molecule has 0 N–H and O–H groups in total. The van der Waals surface area contributed by atoms with Gasteiger partial charge in [-0.2, -0.15) is 0 Å². The highest BCUT2D eigenvalue weighted by molar-refractivity contribution is 5.99. The van der Waals surface area contributed by atoms with Crippen LogP contribution in [0, 0.1) is 17.7 Å². The number of carbonyl (C=O) groups is 1. The van der Waals surface area contributed by atoms with Crippen molar-refractivity contribution in [2.24, 2.45) is 16.8 Å². The van der Waals surface area contributed by atoms with Crippen LogP contribution in [0.4, 0.5) is 10.1 Å². The Morgan fingerprint density at radius 1 is 1.05 bits per heavy atom. The molecule has 1 unspecified atom stereocenters. The van der Waals surface area contributed by atoms with Crippen molar-refractivity contribution in [2.45, 2.75) is 58.5 Å². The first-order valence-corrected chi connectivity index (χ1v) is 14.5. The van der Waals surface area contributed by atoms with E-state index in [-0.39, 0.29) is 11.6 Å². The van der Waals surface area contributed by atoms with Crippen LogP contribution in [0.25, 0.3) is 11.1 Å². The minimum Gasteiger partial charge on any atom is -0.496 e. The highest BCUT2D eigenvalue weighted by atomic mass is 19.1. The van der Waals surface area contributed by atoms with E-state index in [4.69, 9.17) is 9.47 Å². The van der Waals surface area contributed by atoms with Gasteiger partial charge in [0, 0.05) is 36.7 Å². The van der Waals surface area contributed by atoms with E-state index >= 15 is 0 Å². The van der Waals surface area contributed by atoms with Crippen molar-refractivity contribution in [1.82, 2.24) is 4.90 Å². The molecule has 2 heterocycles. The maximum atomic E-state index is 13.6. The van der Waals surface area contributed by atoms with Crippen molar-refractivity contribution in [2.75, 3.05) is 20.3 Å². The van der Waals surface area contributed by atoms with Crippen molar-refractivity contribution >= 4 is 17.2 Å². The molecule has 2 fully saturated rings. The molecule has 1 saturated heterocycles. The first-order chi connectivity index (χ1) is 19.4. The molecule has 0 radical (unpaired) electrons. The third-order valence-electron chi connectivity index (χ3n) is 8.93. The summed E-state index contributed by atoms with van der Waals surface area (Å²) in [6.07, 6.45) is 4.85. The van der Waals surface area contributed by atoms with E-state index in [2.05, 4.69) is 28.1 Å². The number of benzene rings is 3. The minimum absolute atomic E-state index is 0.245. The summed E-state index contributed by atoms with van der Waals surface area (Å²) in [5, 5.41) is 0. The van der Waals surface area contributed by atoms with E-state index in [1.165, 1.54) is 17.7 Å². The zero-order valence-electron chi connectivity index (χ0n) is 23.6. The summed E-state index contributed by atoms with van der Waals surface area (Å²) >= 11 is 0. The fourth-order valence-corrected chi connectivity index (χ4v) is 7.11. The van der Waals surface area contributed by atoms with Crippen LogP contribution in [-0.4, -0.2) is 42.7 Å². The van der Waals surface area contributed by atoms with E-state index in [0.717, 1.165) is 83.9 Å². The SMILES string of the molecule is CCOc1cc(CN2CC[C@H]3C(CC(=O)c4ccc5c(c4)N=C(C)C5)CC[C@H]32)cc(OC)c1-c1ccc(F)cc1. The zero-order chi connectivity index (χ0) is 27.8. The van der Waals surface area contributed by atoms with Gasteiger partial charge in [0.05, 0.1) is 25.0 Å². The molecule has 0 aromatic heterocycles. The highest BCUT2D eigenvalue weighted by Gasteiger charge is 2.44. The Balaban J connectivity index is 1.16. The average Bonchev–Trinajstić information content (AvgIpc) is 3.64. The van der Waals surface area contributed by atoms with Gasteiger partial charge in [0.25, 0.3) is 0 Å². The van der Waals surface area contributed by atoms with Gasteiger partial charge in [-0.15, -0.1) is 0 Å². The van der Waals surface area contributed by atoms with Crippen molar-refractivity contribution < 1.29 is 18.7 Å². The van der Waals surface area contributed by atoms with E-state index in [0.29, 0.717) is 30.9 Å². The molecule has 0 bridgehead atoms. The molecule has 1 saturated carbocycles. The van der Waals surface area contributed by atoms with Gasteiger partial charge in [0.15, 0.2) is 5.78 Å². The Labute approximate surface area is 236 Å². The standard InChI is InChI=1S/C34H37FN2O3/c1-4-40-33-17-22(16-32(39-3)34(33)23-7-10-27(35)11-8-23)20-37-14-13-28-24(9-12-30(28)37)19-31(38)26-6-5-25-15-21(2)36-29(25)18-26/h5-8,10-11,16-18,24,28,30H,4,9,12-15,19-20H2,1-3H3/t24?,28-,30+/m0/s1. The van der Waals surface area contributed by atoms with E-state index in [1.807, 2.05) is 26.0 Å². The molecule has 0 spiro atoms. The molecule has 6 heteroatoms. The fourth-order valence-electron chi connectivity index (χ4n) is 7.11. The summed E-state index contributed by atoms with van der Waals surface area (Å²) in [6.45, 7) is 6.37. The molecule has 3 atom stereocenters. The molecule has 3 aromatic rings. The zero-order valence-corrected chi connectivity index (χ0v) is 23.6. The number of halogens is 1. The summed E-state index contributed by atoms with van der Waals surface area (Å²) in [7, 11) is 1.67. The van der Waals surface area contributed by atoms with E-state index in [9.17, 15) is 9.18 Å². The van der Waals surface area contributed by atoms with Crippen molar-refractivity contribution in [3.63, 3.8) is 0 Å². The van der Waals surface area contributed by atoms with Crippen LogP contribution in [0.1, 0.15) is 61.0 Å². The van der Waals surface area contributed by atoms with Crippen LogP contribution < -0.4 is 9.47 Å². The Kier molecular flexibility index (Phi) is 7.45. The number of hydrogen-bond acceptors (Lipinski definition) is 5. The third kappa shape index (κ3) is 5.17. The van der Waals surface area contributed by atoms with E-state index < -0.39 is 0 Å². The Morgan fingerprint density at radius 3 is 2.62 bits per heavy atom. The number of likely N-dealkylation sites (tertiary alicyclic amines) is 1. The molecule has 3 aliphatic rings. The number of carbonyl (C=O) groups excluding carboxylic acids is 1. The summed E-state index contributed by atoms with van der Waals surface area (Å²) in [5.41, 5.74) is 6.94. The first-order valence-electron chi connectivity index (χ1n) is 14.5. The molecular formula is C34H37FN2O3. The first kappa shape index (κ1) is 26.7. The molecule has 6 rings (SSSR count). The predicted octanol–water partition coefficient (Wildman–Crippen LogP) is 7.42. The van der Waals surface area contributed by atoms with Gasteiger partial charge >= 0.3 is 0 Å². The second-order valence-corrected chi connectivity index (χ2v) is 11.4. The minimum atomic E-state index is -0.269. The monoisotopic (exact) mass is 540 g/mol. The molecule has 0 amide bonds. The topological polar surface area (TPSA) is 51.1 Å².